The van der Waals surface area contributed by atoms with Crippen LogP contribution in [-0.2, 0) is 9.59 Å². The number of hydrogen-bond donors (Lipinski definition) is 1. The molecule has 0 aliphatic heterocycles. The van der Waals surface area contributed by atoms with Gasteiger partial charge in [-0.3, -0.25) is 9.59 Å². The maximum Gasteiger partial charge on any atom is 0.233 e. The highest BCUT2D eigenvalue weighted by Gasteiger charge is 2.76. The molecule has 1 aromatic heterocycles. The maximum atomic E-state index is 13.0. The molecule has 22 heavy (non-hydrogen) atoms. The number of hydrogen-bond acceptors (Lipinski definition) is 3. The molecule has 2 bridgehead atoms. The van der Waals surface area contributed by atoms with Gasteiger partial charge in [0.25, 0.3) is 0 Å². The quantitative estimate of drug-likeness (QED) is 0.724. The first-order valence-electron chi connectivity index (χ1n) is 7.28. The van der Waals surface area contributed by atoms with Crippen molar-refractivity contribution >= 4 is 49.4 Å². The van der Waals surface area contributed by atoms with E-state index >= 15 is 0 Å². The Morgan fingerprint density at radius 1 is 1.32 bits per heavy atom. The third-order valence-corrected chi connectivity index (χ3v) is 7.76. The number of ketones is 1. The van der Waals surface area contributed by atoms with Crippen LogP contribution in [0.5, 0.6) is 0 Å². The third kappa shape index (κ3) is 1.77. The molecule has 1 heterocycles. The average molecular weight is 430 g/mol. The molecule has 3 rings (SSSR count). The van der Waals surface area contributed by atoms with Crippen LogP contribution in [0.1, 0.15) is 33.6 Å². The Bertz CT molecular complexity index is 659. The second kappa shape index (κ2) is 4.87. The number of nitrogens with zero attached hydrogens (tertiary/aromatic N) is 1. The van der Waals surface area contributed by atoms with Gasteiger partial charge in [0.1, 0.15) is 5.82 Å². The number of aromatic nitrogens is 1. The Hall–Kier alpha value is -0.750. The first-order valence-corrected chi connectivity index (χ1v) is 8.99. The van der Waals surface area contributed by atoms with Gasteiger partial charge in [-0.25, -0.2) is 4.98 Å². The molecule has 118 valence electrons. The normalized spacial score (nSPS) is 35.7. The van der Waals surface area contributed by atoms with Crippen LogP contribution in [0.15, 0.2) is 22.8 Å². The lowest BCUT2D eigenvalue weighted by Crippen LogP contribution is -2.48. The number of anilines is 1. The van der Waals surface area contributed by atoms with E-state index in [2.05, 4.69) is 42.2 Å². The molecule has 1 amide bonds. The number of pyridine rings is 1. The van der Waals surface area contributed by atoms with Gasteiger partial charge in [-0.05, 0) is 46.3 Å². The van der Waals surface area contributed by atoms with Gasteiger partial charge in [0.15, 0.2) is 5.78 Å². The van der Waals surface area contributed by atoms with Gasteiger partial charge in [0.2, 0.25) is 5.91 Å². The van der Waals surface area contributed by atoms with Gasteiger partial charge in [0, 0.05) is 16.1 Å². The van der Waals surface area contributed by atoms with E-state index < -0.39 is 21.1 Å². The lowest BCUT2D eigenvalue weighted by molar-refractivity contribution is -0.130. The van der Waals surface area contributed by atoms with Crippen LogP contribution in [0.2, 0.25) is 0 Å². The van der Waals surface area contributed by atoms with Crippen molar-refractivity contribution in [2.75, 3.05) is 5.32 Å². The van der Waals surface area contributed by atoms with Gasteiger partial charge in [-0.2, -0.15) is 0 Å². The monoisotopic (exact) mass is 428 g/mol. The average Bonchev–Trinajstić information content (AvgIpc) is 2.74. The topological polar surface area (TPSA) is 59.1 Å². The Labute approximate surface area is 146 Å². The minimum absolute atomic E-state index is 0.122. The van der Waals surface area contributed by atoms with Gasteiger partial charge >= 0.3 is 0 Å². The zero-order chi connectivity index (χ0) is 16.3. The summed E-state index contributed by atoms with van der Waals surface area (Å²) in [7, 11) is 0. The van der Waals surface area contributed by atoms with Crippen molar-refractivity contribution in [3.63, 3.8) is 0 Å². The van der Waals surface area contributed by atoms with E-state index in [4.69, 9.17) is 0 Å². The largest absolute Gasteiger partial charge is 0.310 e. The Morgan fingerprint density at radius 2 is 2.00 bits per heavy atom. The van der Waals surface area contributed by atoms with Gasteiger partial charge in [0.05, 0.1) is 10.2 Å². The fourth-order valence-electron chi connectivity index (χ4n) is 4.13. The highest BCUT2D eigenvalue weighted by Crippen LogP contribution is 2.72. The number of Topliss-reactive ketones (excluding diaryl/α,β-unsaturated/α-hetero) is 1. The molecule has 0 unspecified atom stereocenters. The van der Waals surface area contributed by atoms with Crippen molar-refractivity contribution in [1.29, 1.82) is 0 Å². The minimum Gasteiger partial charge on any atom is -0.310 e. The summed E-state index contributed by atoms with van der Waals surface area (Å²) in [4.78, 5) is 29.5. The minimum atomic E-state index is -0.729. The summed E-state index contributed by atoms with van der Waals surface area (Å²) in [5.74, 6) is 0.525. The molecule has 2 aliphatic rings. The van der Waals surface area contributed by atoms with Crippen molar-refractivity contribution in [2.45, 2.75) is 38.4 Å². The zero-order valence-corrected chi connectivity index (χ0v) is 15.9. The summed E-state index contributed by atoms with van der Waals surface area (Å²) < 4.78 is 0.854. The number of carbonyl (C=O) groups excluding carboxylic acids is 2. The van der Waals surface area contributed by atoms with Crippen LogP contribution < -0.4 is 5.32 Å². The molecule has 1 N–H and O–H groups in total. The van der Waals surface area contributed by atoms with E-state index in [9.17, 15) is 9.59 Å². The number of alkyl halides is 1. The molecule has 0 aromatic carbocycles. The SMILES string of the molecule is CC1(C)[C@]2(C)CC[C@@]1(C(=O)Nc1ccc(Br)cn1)[C@H](Br)C2=O. The molecule has 2 fully saturated rings. The molecule has 1 aromatic rings. The van der Waals surface area contributed by atoms with E-state index in [0.717, 1.165) is 10.9 Å². The Kier molecular flexibility index (Phi) is 3.57. The van der Waals surface area contributed by atoms with E-state index in [1.54, 1.807) is 12.3 Å². The first kappa shape index (κ1) is 16.1. The first-order chi connectivity index (χ1) is 10.2. The summed E-state index contributed by atoms with van der Waals surface area (Å²) in [6.45, 7) is 6.06. The number of amides is 1. The second-order valence-electron chi connectivity index (χ2n) is 6.97. The van der Waals surface area contributed by atoms with Gasteiger partial charge < -0.3 is 5.32 Å². The summed E-state index contributed by atoms with van der Waals surface area (Å²) >= 11 is 6.84. The van der Waals surface area contributed by atoms with Crippen LogP contribution in [0.3, 0.4) is 0 Å². The number of halogens is 2. The Balaban J connectivity index is 1.97. The number of nitrogens with one attached hydrogen (secondary N) is 1. The Morgan fingerprint density at radius 3 is 2.50 bits per heavy atom. The highest BCUT2D eigenvalue weighted by atomic mass is 79.9. The standard InChI is InChI=1S/C16H18Br2N2O2/c1-14(2)15(3)6-7-16(14,11(18)12(15)21)13(22)20-10-5-4-9(17)8-19-10/h4-5,8,11H,6-7H2,1-3H3,(H,19,20,22)/t11-,15-,16+/m1/s1. The lowest BCUT2D eigenvalue weighted by Gasteiger charge is -2.39. The van der Waals surface area contributed by atoms with E-state index in [0.29, 0.717) is 12.2 Å². The predicted octanol–water partition coefficient (Wildman–Crippen LogP) is 3.94. The molecule has 6 heteroatoms. The fraction of sp³-hybridized carbons (Fsp3) is 0.562. The van der Waals surface area contributed by atoms with E-state index in [1.165, 1.54) is 0 Å². The van der Waals surface area contributed by atoms with Crippen molar-refractivity contribution in [3.05, 3.63) is 22.8 Å². The number of carbonyl (C=O) groups is 2. The smallest absolute Gasteiger partial charge is 0.233 e. The molecular weight excluding hydrogens is 412 g/mol. The van der Waals surface area contributed by atoms with Crippen molar-refractivity contribution in [1.82, 2.24) is 4.98 Å². The van der Waals surface area contributed by atoms with Crippen LogP contribution in [0, 0.1) is 16.2 Å². The van der Waals surface area contributed by atoms with Crippen molar-refractivity contribution in [2.24, 2.45) is 16.2 Å². The van der Waals surface area contributed by atoms with Crippen LogP contribution in [-0.4, -0.2) is 21.5 Å². The lowest BCUT2D eigenvalue weighted by atomic mass is 9.64. The fourth-order valence-corrected chi connectivity index (χ4v) is 5.88. The highest BCUT2D eigenvalue weighted by molar-refractivity contribution is 9.10. The summed E-state index contributed by atoms with van der Waals surface area (Å²) in [6, 6.07) is 3.58. The molecule has 2 aliphatic carbocycles. The predicted molar refractivity (Wildman–Crippen MR) is 91.8 cm³/mol. The number of fused-ring (bicyclic) bond motifs is 2. The molecular formula is C16H18Br2N2O2. The maximum absolute atomic E-state index is 13.0. The zero-order valence-electron chi connectivity index (χ0n) is 12.7. The van der Waals surface area contributed by atoms with Crippen LogP contribution in [0.4, 0.5) is 5.82 Å². The third-order valence-electron chi connectivity index (χ3n) is 6.09. The van der Waals surface area contributed by atoms with E-state index in [-0.39, 0.29) is 11.7 Å². The van der Waals surface area contributed by atoms with Gasteiger partial charge in [-0.1, -0.05) is 36.7 Å². The van der Waals surface area contributed by atoms with Crippen LogP contribution in [0.25, 0.3) is 0 Å². The summed E-state index contributed by atoms with van der Waals surface area (Å²) in [6.07, 6.45) is 3.10. The van der Waals surface area contributed by atoms with Crippen LogP contribution >= 0.6 is 31.9 Å². The molecule has 3 atom stereocenters. The van der Waals surface area contributed by atoms with Gasteiger partial charge in [-0.15, -0.1) is 0 Å². The van der Waals surface area contributed by atoms with E-state index in [1.807, 2.05) is 26.8 Å². The second-order valence-corrected chi connectivity index (χ2v) is 8.80. The summed E-state index contributed by atoms with van der Waals surface area (Å²) in [5, 5.41) is 2.90. The summed E-state index contributed by atoms with van der Waals surface area (Å²) in [5.41, 5.74) is -1.58. The molecule has 0 saturated heterocycles. The molecule has 0 radical (unpaired) electrons. The van der Waals surface area contributed by atoms with Crippen molar-refractivity contribution < 1.29 is 9.59 Å². The molecule has 2 saturated carbocycles. The molecule has 4 nitrogen and oxygen atoms in total. The number of rotatable bonds is 2. The molecule has 0 spiro atoms. The van der Waals surface area contributed by atoms with Crippen molar-refractivity contribution in [3.8, 4) is 0 Å².